The van der Waals surface area contributed by atoms with Gasteiger partial charge in [0.15, 0.2) is 0 Å². The first-order chi connectivity index (χ1) is 9.70. The Labute approximate surface area is 140 Å². The SMILES string of the molecule is Cc1c(F)cc(N)cc1S(=O)(=O)Nc1ccc(Cl)cc1I. The van der Waals surface area contributed by atoms with E-state index in [1.54, 1.807) is 18.2 Å². The third kappa shape index (κ3) is 3.58. The van der Waals surface area contributed by atoms with Gasteiger partial charge in [-0.15, -0.1) is 0 Å². The maximum Gasteiger partial charge on any atom is 0.262 e. The molecule has 0 saturated carbocycles. The first kappa shape index (κ1) is 16.3. The normalized spacial score (nSPS) is 11.4. The van der Waals surface area contributed by atoms with Crippen LogP contribution in [0.15, 0.2) is 35.2 Å². The Kier molecular flexibility index (Phi) is 4.64. The number of benzene rings is 2. The van der Waals surface area contributed by atoms with E-state index < -0.39 is 15.8 Å². The van der Waals surface area contributed by atoms with Crippen molar-refractivity contribution in [1.82, 2.24) is 0 Å². The van der Waals surface area contributed by atoms with E-state index in [2.05, 4.69) is 4.72 Å². The molecule has 0 aliphatic heterocycles. The second-order valence-corrected chi connectivity index (χ2v) is 7.60. The standard InChI is InChI=1S/C13H11ClFIN2O2S/c1-7-10(15)5-9(17)6-13(7)21(19,20)18-12-3-2-8(14)4-11(12)16/h2-6,18H,17H2,1H3. The molecule has 0 radical (unpaired) electrons. The van der Waals surface area contributed by atoms with Gasteiger partial charge in [0.25, 0.3) is 10.0 Å². The highest BCUT2D eigenvalue weighted by Crippen LogP contribution is 2.27. The molecule has 0 fully saturated rings. The minimum absolute atomic E-state index is 0.0145. The number of halogens is 3. The van der Waals surface area contributed by atoms with E-state index in [9.17, 15) is 12.8 Å². The van der Waals surface area contributed by atoms with Crippen molar-refractivity contribution in [3.63, 3.8) is 0 Å². The van der Waals surface area contributed by atoms with Crippen molar-refractivity contribution in [1.29, 1.82) is 0 Å². The van der Waals surface area contributed by atoms with Crippen LogP contribution in [0.3, 0.4) is 0 Å². The number of sulfonamides is 1. The van der Waals surface area contributed by atoms with E-state index in [0.717, 1.165) is 6.07 Å². The summed E-state index contributed by atoms with van der Waals surface area (Å²) in [6.45, 7) is 1.39. The fraction of sp³-hybridized carbons (Fsp3) is 0.0769. The van der Waals surface area contributed by atoms with E-state index in [4.69, 9.17) is 17.3 Å². The molecule has 0 bridgehead atoms. The zero-order chi connectivity index (χ0) is 15.8. The van der Waals surface area contributed by atoms with Crippen molar-refractivity contribution in [2.45, 2.75) is 11.8 Å². The van der Waals surface area contributed by atoms with Gasteiger partial charge < -0.3 is 5.73 Å². The zero-order valence-electron chi connectivity index (χ0n) is 10.8. The molecule has 0 aromatic heterocycles. The summed E-state index contributed by atoms with van der Waals surface area (Å²) in [5.74, 6) is -0.666. The summed E-state index contributed by atoms with van der Waals surface area (Å²) in [6, 6.07) is 7.03. The van der Waals surface area contributed by atoms with Gasteiger partial charge in [-0.05, 0) is 59.8 Å². The molecule has 0 amide bonds. The van der Waals surface area contributed by atoms with Gasteiger partial charge >= 0.3 is 0 Å². The number of nitrogens with one attached hydrogen (secondary N) is 1. The molecule has 2 aromatic carbocycles. The Bertz CT molecular complexity index is 812. The fourth-order valence-corrected chi connectivity index (χ4v) is 4.28. The van der Waals surface area contributed by atoms with Crippen molar-refractivity contribution >= 4 is 55.6 Å². The van der Waals surface area contributed by atoms with Crippen LogP contribution in [0.2, 0.25) is 5.02 Å². The van der Waals surface area contributed by atoms with Gasteiger partial charge in [-0.2, -0.15) is 0 Å². The molecular formula is C13H11ClFIN2O2S. The maximum absolute atomic E-state index is 13.7. The first-order valence-electron chi connectivity index (χ1n) is 5.74. The van der Waals surface area contributed by atoms with Gasteiger partial charge in [-0.3, -0.25) is 4.72 Å². The van der Waals surface area contributed by atoms with Crippen LogP contribution in [0.1, 0.15) is 5.56 Å². The monoisotopic (exact) mass is 440 g/mol. The third-order valence-electron chi connectivity index (χ3n) is 2.78. The Morgan fingerprint density at radius 2 is 1.95 bits per heavy atom. The van der Waals surface area contributed by atoms with E-state index in [0.29, 0.717) is 14.3 Å². The Hall–Kier alpha value is -1.06. The smallest absolute Gasteiger partial charge is 0.262 e. The summed E-state index contributed by atoms with van der Waals surface area (Å²) < 4.78 is 41.5. The van der Waals surface area contributed by atoms with Crippen LogP contribution in [-0.4, -0.2) is 8.42 Å². The molecule has 0 spiro atoms. The summed E-state index contributed by atoms with van der Waals surface area (Å²) in [5, 5.41) is 0.494. The van der Waals surface area contributed by atoms with Gasteiger partial charge in [0, 0.05) is 19.8 Å². The van der Waals surface area contributed by atoms with Crippen LogP contribution in [-0.2, 0) is 10.0 Å². The zero-order valence-corrected chi connectivity index (χ0v) is 14.6. The first-order valence-corrected chi connectivity index (χ1v) is 8.68. The fourth-order valence-electron chi connectivity index (χ4n) is 1.72. The lowest BCUT2D eigenvalue weighted by Gasteiger charge is -2.13. The Morgan fingerprint density at radius 3 is 2.57 bits per heavy atom. The number of rotatable bonds is 3. The van der Waals surface area contributed by atoms with Crippen molar-refractivity contribution < 1.29 is 12.8 Å². The van der Waals surface area contributed by atoms with E-state index >= 15 is 0 Å². The van der Waals surface area contributed by atoms with Crippen LogP contribution in [0.4, 0.5) is 15.8 Å². The molecule has 4 nitrogen and oxygen atoms in total. The predicted octanol–water partition coefficient (Wildman–Crippen LogP) is 3.78. The van der Waals surface area contributed by atoms with Crippen LogP contribution >= 0.6 is 34.2 Å². The number of hydrogen-bond acceptors (Lipinski definition) is 3. The van der Waals surface area contributed by atoms with E-state index in [1.165, 1.54) is 13.0 Å². The van der Waals surface area contributed by atoms with Crippen LogP contribution in [0.5, 0.6) is 0 Å². The summed E-state index contributed by atoms with van der Waals surface area (Å²) in [4.78, 5) is -0.189. The third-order valence-corrected chi connectivity index (χ3v) is 5.40. The topological polar surface area (TPSA) is 72.2 Å². The van der Waals surface area contributed by atoms with Gasteiger partial charge in [0.2, 0.25) is 0 Å². The molecule has 2 rings (SSSR count). The van der Waals surface area contributed by atoms with E-state index in [1.807, 2.05) is 22.6 Å². The van der Waals surface area contributed by atoms with Crippen molar-refractivity contribution in [3.05, 3.63) is 50.3 Å². The number of nitrogens with two attached hydrogens (primary N) is 1. The van der Waals surface area contributed by atoms with Gasteiger partial charge in [-0.1, -0.05) is 11.6 Å². The molecule has 0 saturated heterocycles. The molecule has 112 valence electrons. The highest BCUT2D eigenvalue weighted by atomic mass is 127. The average Bonchev–Trinajstić information content (AvgIpc) is 2.37. The minimum atomic E-state index is -3.94. The molecule has 21 heavy (non-hydrogen) atoms. The van der Waals surface area contributed by atoms with Crippen molar-refractivity contribution in [2.24, 2.45) is 0 Å². The van der Waals surface area contributed by atoms with Crippen LogP contribution in [0.25, 0.3) is 0 Å². The molecule has 2 aromatic rings. The van der Waals surface area contributed by atoms with E-state index in [-0.39, 0.29) is 16.1 Å². The molecular weight excluding hydrogens is 430 g/mol. The van der Waals surface area contributed by atoms with Gasteiger partial charge in [0.1, 0.15) is 5.82 Å². The number of nitrogen functional groups attached to an aromatic ring is 1. The van der Waals surface area contributed by atoms with Crippen molar-refractivity contribution in [2.75, 3.05) is 10.5 Å². The maximum atomic E-state index is 13.7. The van der Waals surface area contributed by atoms with Crippen LogP contribution in [0, 0.1) is 16.3 Å². The lowest BCUT2D eigenvalue weighted by molar-refractivity contribution is 0.591. The second-order valence-electron chi connectivity index (χ2n) is 4.36. The highest BCUT2D eigenvalue weighted by Gasteiger charge is 2.21. The molecule has 0 aliphatic carbocycles. The number of anilines is 2. The predicted molar refractivity (Wildman–Crippen MR) is 90.5 cm³/mol. The lowest BCUT2D eigenvalue weighted by Crippen LogP contribution is -2.16. The highest BCUT2D eigenvalue weighted by molar-refractivity contribution is 14.1. The largest absolute Gasteiger partial charge is 0.399 e. The Balaban J connectivity index is 2.48. The molecule has 0 aliphatic rings. The van der Waals surface area contributed by atoms with Gasteiger partial charge in [-0.25, -0.2) is 12.8 Å². The number of hydrogen-bond donors (Lipinski definition) is 2. The summed E-state index contributed by atoms with van der Waals surface area (Å²) >= 11 is 7.78. The molecule has 3 N–H and O–H groups in total. The molecule has 0 atom stereocenters. The Morgan fingerprint density at radius 1 is 1.29 bits per heavy atom. The van der Waals surface area contributed by atoms with Gasteiger partial charge in [0.05, 0.1) is 10.6 Å². The van der Waals surface area contributed by atoms with Crippen LogP contribution < -0.4 is 10.5 Å². The molecule has 0 unspecified atom stereocenters. The minimum Gasteiger partial charge on any atom is -0.399 e. The molecule has 0 heterocycles. The molecule has 8 heteroatoms. The summed E-state index contributed by atoms with van der Waals surface area (Å²) in [6.07, 6.45) is 0. The second kappa shape index (κ2) is 5.98. The summed E-state index contributed by atoms with van der Waals surface area (Å²) in [5.41, 5.74) is 5.94. The quantitative estimate of drug-likeness (QED) is 0.564. The lowest BCUT2D eigenvalue weighted by atomic mass is 10.2. The summed E-state index contributed by atoms with van der Waals surface area (Å²) in [7, 11) is -3.94. The average molecular weight is 441 g/mol. The van der Waals surface area contributed by atoms with Crippen molar-refractivity contribution in [3.8, 4) is 0 Å².